The quantitative estimate of drug-likeness (QED) is 0.879. The summed E-state index contributed by atoms with van der Waals surface area (Å²) in [5.41, 5.74) is 1.99. The van der Waals surface area contributed by atoms with Crippen molar-refractivity contribution < 1.29 is 9.47 Å². The van der Waals surface area contributed by atoms with Crippen molar-refractivity contribution in [2.75, 3.05) is 14.2 Å². The Hall–Kier alpha value is -1.59. The van der Waals surface area contributed by atoms with Gasteiger partial charge in [0, 0.05) is 17.1 Å². The molecule has 0 aliphatic heterocycles. The normalized spacial score (nSPS) is 10.3. The number of halogens is 1. The highest BCUT2D eigenvalue weighted by Crippen LogP contribution is 2.23. The summed E-state index contributed by atoms with van der Waals surface area (Å²) < 4.78 is 11.9. The highest BCUT2D eigenvalue weighted by molar-refractivity contribution is 9.10. The zero-order valence-corrected chi connectivity index (χ0v) is 13.1. The van der Waals surface area contributed by atoms with E-state index >= 15 is 0 Å². The lowest BCUT2D eigenvalue weighted by molar-refractivity contribution is 0.297. The second-order valence-corrected chi connectivity index (χ2v) is 5.10. The zero-order chi connectivity index (χ0) is 14.4. The van der Waals surface area contributed by atoms with Crippen LogP contribution in [0.1, 0.15) is 11.3 Å². The Bertz CT molecular complexity index is 576. The van der Waals surface area contributed by atoms with Crippen LogP contribution in [0.4, 0.5) is 0 Å². The third-order valence-electron chi connectivity index (χ3n) is 2.76. The predicted octanol–water partition coefficient (Wildman–Crippen LogP) is 3.15. The smallest absolute Gasteiger partial charge is 0.213 e. The maximum atomic E-state index is 5.77. The van der Waals surface area contributed by atoms with Gasteiger partial charge in [0.2, 0.25) is 5.88 Å². The van der Waals surface area contributed by atoms with E-state index in [0.717, 1.165) is 28.0 Å². The summed E-state index contributed by atoms with van der Waals surface area (Å²) in [5.74, 6) is 1.42. The van der Waals surface area contributed by atoms with Gasteiger partial charge in [0.1, 0.15) is 12.4 Å². The number of methoxy groups -OCH3 is 1. The third-order valence-corrected chi connectivity index (χ3v) is 3.54. The summed E-state index contributed by atoms with van der Waals surface area (Å²) in [6.07, 6.45) is 0. The fourth-order valence-electron chi connectivity index (χ4n) is 1.78. The fourth-order valence-corrected chi connectivity index (χ4v) is 2.16. The molecule has 4 nitrogen and oxygen atoms in total. The van der Waals surface area contributed by atoms with E-state index in [2.05, 4.69) is 26.2 Å². The van der Waals surface area contributed by atoms with Gasteiger partial charge in [-0.05, 0) is 36.9 Å². The highest BCUT2D eigenvalue weighted by atomic mass is 79.9. The number of hydrogen-bond acceptors (Lipinski definition) is 4. The molecule has 0 amide bonds. The molecule has 0 spiro atoms. The molecule has 2 aromatic rings. The summed E-state index contributed by atoms with van der Waals surface area (Å²) in [6, 6.07) is 11.6. The summed E-state index contributed by atoms with van der Waals surface area (Å²) in [5, 5.41) is 3.13. The molecule has 0 bridgehead atoms. The summed E-state index contributed by atoms with van der Waals surface area (Å²) in [4.78, 5) is 4.31. The van der Waals surface area contributed by atoms with Gasteiger partial charge < -0.3 is 14.8 Å². The largest absolute Gasteiger partial charge is 0.487 e. The van der Waals surface area contributed by atoms with Crippen molar-refractivity contribution in [1.29, 1.82) is 0 Å². The number of ether oxygens (including phenoxy) is 2. The highest BCUT2D eigenvalue weighted by Gasteiger charge is 2.03. The van der Waals surface area contributed by atoms with Crippen molar-refractivity contribution in [3.05, 3.63) is 52.1 Å². The monoisotopic (exact) mass is 336 g/mol. The average Bonchev–Trinajstić information content (AvgIpc) is 2.48. The first-order valence-electron chi connectivity index (χ1n) is 6.28. The van der Waals surface area contributed by atoms with Crippen LogP contribution >= 0.6 is 15.9 Å². The van der Waals surface area contributed by atoms with Crippen LogP contribution in [0.15, 0.2) is 40.9 Å². The van der Waals surface area contributed by atoms with Crippen LogP contribution in [0.5, 0.6) is 11.6 Å². The molecule has 0 saturated carbocycles. The maximum absolute atomic E-state index is 5.77. The van der Waals surface area contributed by atoms with E-state index in [1.807, 2.05) is 43.4 Å². The van der Waals surface area contributed by atoms with Crippen LogP contribution in [0.3, 0.4) is 0 Å². The van der Waals surface area contributed by atoms with Gasteiger partial charge in [0.05, 0.1) is 12.8 Å². The third kappa shape index (κ3) is 3.95. The van der Waals surface area contributed by atoms with Crippen LogP contribution in [-0.2, 0) is 13.2 Å². The molecule has 1 aromatic heterocycles. The number of nitrogens with one attached hydrogen (secondary N) is 1. The SMILES string of the molecule is CNCc1cc(OCc2cccc(OC)n2)ccc1Br. The van der Waals surface area contributed by atoms with E-state index in [9.17, 15) is 0 Å². The standard InChI is InChI=1S/C15H17BrN2O2/c1-17-9-11-8-13(6-7-14(11)16)20-10-12-4-3-5-15(18-12)19-2/h3-8,17H,9-10H2,1-2H3. The maximum Gasteiger partial charge on any atom is 0.213 e. The van der Waals surface area contributed by atoms with E-state index in [1.54, 1.807) is 7.11 Å². The molecule has 1 heterocycles. The molecule has 1 N–H and O–H groups in total. The first-order valence-corrected chi connectivity index (χ1v) is 7.08. The van der Waals surface area contributed by atoms with Gasteiger partial charge in [0.15, 0.2) is 0 Å². The molecule has 0 unspecified atom stereocenters. The van der Waals surface area contributed by atoms with Gasteiger partial charge in [-0.1, -0.05) is 22.0 Å². The van der Waals surface area contributed by atoms with E-state index < -0.39 is 0 Å². The van der Waals surface area contributed by atoms with Crippen molar-refractivity contribution in [2.45, 2.75) is 13.2 Å². The minimum atomic E-state index is 0.415. The van der Waals surface area contributed by atoms with Crippen molar-refractivity contribution >= 4 is 15.9 Å². The van der Waals surface area contributed by atoms with E-state index in [-0.39, 0.29) is 0 Å². The number of hydrogen-bond donors (Lipinski definition) is 1. The van der Waals surface area contributed by atoms with Gasteiger partial charge in [-0.3, -0.25) is 0 Å². The Kier molecular flexibility index (Phi) is 5.38. The summed E-state index contributed by atoms with van der Waals surface area (Å²) >= 11 is 3.52. The fraction of sp³-hybridized carbons (Fsp3) is 0.267. The predicted molar refractivity (Wildman–Crippen MR) is 82.0 cm³/mol. The van der Waals surface area contributed by atoms with Crippen molar-refractivity contribution in [2.24, 2.45) is 0 Å². The molecule has 0 aliphatic carbocycles. The van der Waals surface area contributed by atoms with Crippen molar-refractivity contribution in [3.8, 4) is 11.6 Å². The summed E-state index contributed by atoms with van der Waals surface area (Å²) in [7, 11) is 3.52. The van der Waals surface area contributed by atoms with Crippen LogP contribution in [-0.4, -0.2) is 19.1 Å². The topological polar surface area (TPSA) is 43.4 Å². The van der Waals surface area contributed by atoms with Gasteiger partial charge in [-0.2, -0.15) is 0 Å². The molecule has 20 heavy (non-hydrogen) atoms. The van der Waals surface area contributed by atoms with E-state index in [0.29, 0.717) is 12.5 Å². The molecule has 0 aliphatic rings. The molecule has 5 heteroatoms. The molecule has 2 rings (SSSR count). The Balaban J connectivity index is 2.04. The number of nitrogens with zero attached hydrogens (tertiary/aromatic N) is 1. The molecule has 0 saturated heterocycles. The summed E-state index contributed by atoms with van der Waals surface area (Å²) in [6.45, 7) is 1.20. The molecular formula is C15H17BrN2O2. The minimum Gasteiger partial charge on any atom is -0.487 e. The van der Waals surface area contributed by atoms with Gasteiger partial charge in [0.25, 0.3) is 0 Å². The van der Waals surface area contributed by atoms with E-state index in [1.165, 1.54) is 0 Å². The Morgan fingerprint density at radius 1 is 1.25 bits per heavy atom. The number of rotatable bonds is 6. The number of aromatic nitrogens is 1. The average molecular weight is 337 g/mol. The zero-order valence-electron chi connectivity index (χ0n) is 11.5. The molecule has 106 valence electrons. The van der Waals surface area contributed by atoms with Gasteiger partial charge >= 0.3 is 0 Å². The van der Waals surface area contributed by atoms with Crippen LogP contribution in [0.2, 0.25) is 0 Å². The van der Waals surface area contributed by atoms with Gasteiger partial charge in [-0.15, -0.1) is 0 Å². The Morgan fingerprint density at radius 3 is 2.85 bits per heavy atom. The first-order chi connectivity index (χ1) is 9.72. The lowest BCUT2D eigenvalue weighted by atomic mass is 10.2. The molecule has 1 aromatic carbocycles. The first kappa shape index (κ1) is 14.8. The number of pyridine rings is 1. The van der Waals surface area contributed by atoms with E-state index in [4.69, 9.17) is 9.47 Å². The van der Waals surface area contributed by atoms with Crippen LogP contribution in [0, 0.1) is 0 Å². The van der Waals surface area contributed by atoms with Crippen molar-refractivity contribution in [3.63, 3.8) is 0 Å². The second-order valence-electron chi connectivity index (χ2n) is 4.24. The van der Waals surface area contributed by atoms with Gasteiger partial charge in [-0.25, -0.2) is 4.98 Å². The number of benzene rings is 1. The minimum absolute atomic E-state index is 0.415. The lowest BCUT2D eigenvalue weighted by Crippen LogP contribution is -2.06. The second kappa shape index (κ2) is 7.26. The molecule has 0 radical (unpaired) electrons. The Labute approximate surface area is 127 Å². The van der Waals surface area contributed by atoms with Crippen LogP contribution in [0.25, 0.3) is 0 Å². The van der Waals surface area contributed by atoms with Crippen molar-refractivity contribution in [1.82, 2.24) is 10.3 Å². The lowest BCUT2D eigenvalue weighted by Gasteiger charge is -2.10. The molecule has 0 fully saturated rings. The Morgan fingerprint density at radius 2 is 2.10 bits per heavy atom. The van der Waals surface area contributed by atoms with Crippen LogP contribution < -0.4 is 14.8 Å². The molecular weight excluding hydrogens is 320 g/mol. The molecule has 0 atom stereocenters.